The van der Waals surface area contributed by atoms with Crippen LogP contribution in [0.5, 0.6) is 0 Å². The monoisotopic (exact) mass is 220 g/mol. The maximum atomic E-state index is 5.16. The van der Waals surface area contributed by atoms with Gasteiger partial charge in [-0.05, 0) is 6.07 Å². The van der Waals surface area contributed by atoms with Crippen LogP contribution in [0.1, 0.15) is 11.4 Å². The third-order valence-electron chi connectivity index (χ3n) is 2.66. The quantitative estimate of drug-likeness (QED) is 0.789. The molecule has 0 fully saturated rings. The molecule has 0 spiro atoms. The number of fused-ring (bicyclic) bond motifs is 1. The lowest BCUT2D eigenvalue weighted by Gasteiger charge is -2.01. The summed E-state index contributed by atoms with van der Waals surface area (Å²) in [6.07, 6.45) is 0. The van der Waals surface area contributed by atoms with Crippen LogP contribution in [0, 0.1) is 0 Å². The van der Waals surface area contributed by atoms with E-state index >= 15 is 0 Å². The lowest BCUT2D eigenvalue weighted by atomic mass is 10.2. The Morgan fingerprint density at radius 2 is 1.94 bits per heavy atom. The molecule has 4 nitrogen and oxygen atoms in total. The number of aryl methyl sites for hydroxylation is 1. The van der Waals surface area contributed by atoms with Crippen molar-refractivity contribution < 1.29 is 9.47 Å². The largest absolute Gasteiger partial charge is 0.380 e. The van der Waals surface area contributed by atoms with E-state index in [-0.39, 0.29) is 0 Å². The smallest absolute Gasteiger partial charge is 0.135 e. The van der Waals surface area contributed by atoms with Gasteiger partial charge < -0.3 is 14.0 Å². The Kier molecular flexibility index (Phi) is 3.22. The molecule has 0 aliphatic heterocycles. The SMILES string of the molecule is COCc1cccc2c1nc(COC)n2C. The molecule has 2 rings (SSSR count). The van der Waals surface area contributed by atoms with E-state index in [9.17, 15) is 0 Å². The first-order valence-electron chi connectivity index (χ1n) is 5.19. The Hall–Kier alpha value is -1.39. The number of aromatic nitrogens is 2. The molecule has 86 valence electrons. The summed E-state index contributed by atoms with van der Waals surface area (Å²) in [5.74, 6) is 0.932. The van der Waals surface area contributed by atoms with Gasteiger partial charge >= 0.3 is 0 Å². The summed E-state index contributed by atoms with van der Waals surface area (Å²) in [5, 5.41) is 0. The zero-order valence-corrected chi connectivity index (χ0v) is 9.86. The highest BCUT2D eigenvalue weighted by molar-refractivity contribution is 5.79. The number of ether oxygens (including phenoxy) is 2. The normalized spacial score (nSPS) is 11.2. The standard InChI is InChI=1S/C12H16N2O2/c1-14-10-6-4-5-9(7-15-2)12(10)13-11(14)8-16-3/h4-6H,7-8H2,1-3H3. The van der Waals surface area contributed by atoms with Gasteiger partial charge in [0.2, 0.25) is 0 Å². The second-order valence-electron chi connectivity index (χ2n) is 3.74. The molecule has 1 heterocycles. The van der Waals surface area contributed by atoms with E-state index in [4.69, 9.17) is 9.47 Å². The maximum absolute atomic E-state index is 5.16. The second kappa shape index (κ2) is 4.63. The van der Waals surface area contributed by atoms with E-state index in [1.807, 2.05) is 19.2 Å². The molecule has 0 aliphatic rings. The summed E-state index contributed by atoms with van der Waals surface area (Å²) in [6, 6.07) is 6.12. The number of imidazole rings is 1. The minimum Gasteiger partial charge on any atom is -0.380 e. The van der Waals surface area contributed by atoms with Gasteiger partial charge in [0.25, 0.3) is 0 Å². The maximum Gasteiger partial charge on any atom is 0.135 e. The molecule has 0 N–H and O–H groups in total. The molecule has 0 saturated heterocycles. The summed E-state index contributed by atoms with van der Waals surface area (Å²) in [6.45, 7) is 1.11. The van der Waals surface area contributed by atoms with E-state index in [0.717, 1.165) is 22.4 Å². The van der Waals surface area contributed by atoms with Crippen LogP contribution in [0.4, 0.5) is 0 Å². The van der Waals surface area contributed by atoms with Crippen LogP contribution in [0.15, 0.2) is 18.2 Å². The van der Waals surface area contributed by atoms with E-state index in [1.165, 1.54) is 0 Å². The molecule has 16 heavy (non-hydrogen) atoms. The van der Waals surface area contributed by atoms with Gasteiger partial charge in [-0.25, -0.2) is 4.98 Å². The average Bonchev–Trinajstić information content (AvgIpc) is 2.59. The fraction of sp³-hybridized carbons (Fsp3) is 0.417. The number of para-hydroxylation sites is 1. The number of benzene rings is 1. The van der Waals surface area contributed by atoms with Crippen molar-refractivity contribution in [2.24, 2.45) is 7.05 Å². The molecule has 1 aromatic carbocycles. The highest BCUT2D eigenvalue weighted by Gasteiger charge is 2.10. The zero-order chi connectivity index (χ0) is 11.5. The molecule has 0 radical (unpaired) electrons. The molecule has 0 amide bonds. The Morgan fingerprint density at radius 1 is 1.19 bits per heavy atom. The highest BCUT2D eigenvalue weighted by Crippen LogP contribution is 2.20. The summed E-state index contributed by atoms with van der Waals surface area (Å²) >= 11 is 0. The summed E-state index contributed by atoms with van der Waals surface area (Å²) in [5.41, 5.74) is 3.22. The Morgan fingerprint density at radius 3 is 2.62 bits per heavy atom. The second-order valence-corrected chi connectivity index (χ2v) is 3.74. The van der Waals surface area contributed by atoms with Gasteiger partial charge in [-0.15, -0.1) is 0 Å². The van der Waals surface area contributed by atoms with Crippen molar-refractivity contribution in [3.8, 4) is 0 Å². The van der Waals surface area contributed by atoms with E-state index in [2.05, 4.69) is 15.6 Å². The van der Waals surface area contributed by atoms with E-state index < -0.39 is 0 Å². The van der Waals surface area contributed by atoms with Crippen LogP contribution < -0.4 is 0 Å². The van der Waals surface area contributed by atoms with Crippen LogP contribution in [-0.2, 0) is 29.7 Å². The van der Waals surface area contributed by atoms with Crippen molar-refractivity contribution in [2.45, 2.75) is 13.2 Å². The number of rotatable bonds is 4. The van der Waals surface area contributed by atoms with E-state index in [1.54, 1.807) is 14.2 Å². The lowest BCUT2D eigenvalue weighted by molar-refractivity contribution is 0.175. The minimum absolute atomic E-state index is 0.525. The predicted molar refractivity (Wildman–Crippen MR) is 62.1 cm³/mol. The summed E-state index contributed by atoms with van der Waals surface area (Å²) < 4.78 is 12.3. The average molecular weight is 220 g/mol. The number of hydrogen-bond acceptors (Lipinski definition) is 3. The third-order valence-corrected chi connectivity index (χ3v) is 2.66. The lowest BCUT2D eigenvalue weighted by Crippen LogP contribution is -1.98. The molecule has 0 unspecified atom stereocenters. The van der Waals surface area contributed by atoms with Crippen molar-refractivity contribution in [1.29, 1.82) is 0 Å². The Balaban J connectivity index is 2.56. The van der Waals surface area contributed by atoms with Crippen LogP contribution in [0.2, 0.25) is 0 Å². The summed E-state index contributed by atoms with van der Waals surface area (Å²) in [4.78, 5) is 4.58. The van der Waals surface area contributed by atoms with Gasteiger partial charge in [0.05, 0.1) is 17.6 Å². The molecule has 4 heteroatoms. The molecule has 0 atom stereocenters. The van der Waals surface area contributed by atoms with Gasteiger partial charge in [0.1, 0.15) is 12.4 Å². The Bertz CT molecular complexity index is 491. The first kappa shape index (κ1) is 11.1. The Labute approximate surface area is 94.8 Å². The molecular weight excluding hydrogens is 204 g/mol. The van der Waals surface area contributed by atoms with Crippen LogP contribution in [0.25, 0.3) is 11.0 Å². The molecular formula is C12H16N2O2. The van der Waals surface area contributed by atoms with Crippen LogP contribution >= 0.6 is 0 Å². The topological polar surface area (TPSA) is 36.3 Å². The van der Waals surface area contributed by atoms with E-state index in [0.29, 0.717) is 13.2 Å². The summed E-state index contributed by atoms with van der Waals surface area (Å²) in [7, 11) is 5.37. The van der Waals surface area contributed by atoms with Crippen molar-refractivity contribution >= 4 is 11.0 Å². The third kappa shape index (κ3) is 1.81. The first-order valence-corrected chi connectivity index (χ1v) is 5.19. The molecule has 1 aromatic heterocycles. The van der Waals surface area contributed by atoms with Crippen molar-refractivity contribution in [1.82, 2.24) is 9.55 Å². The van der Waals surface area contributed by atoms with Crippen molar-refractivity contribution in [3.63, 3.8) is 0 Å². The van der Waals surface area contributed by atoms with Crippen molar-refractivity contribution in [3.05, 3.63) is 29.6 Å². The molecule has 0 bridgehead atoms. The van der Waals surface area contributed by atoms with Gasteiger partial charge in [-0.2, -0.15) is 0 Å². The minimum atomic E-state index is 0.525. The number of methoxy groups -OCH3 is 2. The van der Waals surface area contributed by atoms with Crippen molar-refractivity contribution in [2.75, 3.05) is 14.2 Å². The predicted octanol–water partition coefficient (Wildman–Crippen LogP) is 1.87. The number of nitrogens with zero attached hydrogens (tertiary/aromatic N) is 2. The van der Waals surface area contributed by atoms with Crippen LogP contribution in [0.3, 0.4) is 0 Å². The molecule has 0 aliphatic carbocycles. The van der Waals surface area contributed by atoms with Gasteiger partial charge in [0.15, 0.2) is 0 Å². The first-order chi connectivity index (χ1) is 7.77. The number of hydrogen-bond donors (Lipinski definition) is 0. The highest BCUT2D eigenvalue weighted by atomic mass is 16.5. The van der Waals surface area contributed by atoms with Gasteiger partial charge in [0, 0.05) is 26.8 Å². The van der Waals surface area contributed by atoms with Crippen LogP contribution in [-0.4, -0.2) is 23.8 Å². The fourth-order valence-corrected chi connectivity index (χ4v) is 1.85. The molecule has 2 aromatic rings. The zero-order valence-electron chi connectivity index (χ0n) is 9.86. The molecule has 0 saturated carbocycles. The van der Waals surface area contributed by atoms with Gasteiger partial charge in [-0.3, -0.25) is 0 Å². The van der Waals surface area contributed by atoms with Gasteiger partial charge in [-0.1, -0.05) is 12.1 Å². The fourth-order valence-electron chi connectivity index (χ4n) is 1.85.